The van der Waals surface area contributed by atoms with Crippen LogP contribution < -0.4 is 5.32 Å². The van der Waals surface area contributed by atoms with Crippen molar-refractivity contribution in [2.45, 2.75) is 59.3 Å². The van der Waals surface area contributed by atoms with E-state index < -0.39 is 0 Å². The number of piperazine rings is 1. The van der Waals surface area contributed by atoms with Gasteiger partial charge in [0.25, 0.3) is 0 Å². The molecule has 108 valence electrons. The molecular weight excluding hydrogens is 304 g/mol. The Morgan fingerprint density at radius 2 is 1.89 bits per heavy atom. The molecule has 0 bridgehead atoms. The van der Waals surface area contributed by atoms with Gasteiger partial charge >= 0.3 is 0 Å². The van der Waals surface area contributed by atoms with E-state index in [-0.39, 0.29) is 0 Å². The van der Waals surface area contributed by atoms with Gasteiger partial charge in [-0.25, -0.2) is 0 Å². The van der Waals surface area contributed by atoms with Crippen LogP contribution in [0.3, 0.4) is 0 Å². The van der Waals surface area contributed by atoms with E-state index in [1.165, 1.54) is 15.9 Å². The maximum atomic E-state index is 4.69. The Bertz CT molecular complexity index is 419. The maximum Gasteiger partial charge on any atom is 0.0767 e. The molecule has 2 rings (SSSR count). The summed E-state index contributed by atoms with van der Waals surface area (Å²) in [5.74, 6) is 0. The van der Waals surface area contributed by atoms with Gasteiger partial charge in [0.15, 0.2) is 0 Å². The average molecular weight is 329 g/mol. The third-order valence-electron chi connectivity index (χ3n) is 4.04. The van der Waals surface area contributed by atoms with Crippen LogP contribution in [0.1, 0.15) is 39.1 Å². The second-order valence-electron chi connectivity index (χ2n) is 5.41. The van der Waals surface area contributed by atoms with Gasteiger partial charge in [0.05, 0.1) is 15.9 Å². The molecule has 19 heavy (non-hydrogen) atoms. The van der Waals surface area contributed by atoms with Gasteiger partial charge in [-0.3, -0.25) is 9.58 Å². The molecule has 1 N–H and O–H groups in total. The fourth-order valence-corrected chi connectivity index (χ4v) is 3.51. The van der Waals surface area contributed by atoms with Crippen molar-refractivity contribution in [3.63, 3.8) is 0 Å². The lowest BCUT2D eigenvalue weighted by molar-refractivity contribution is 0.105. The number of nitrogens with one attached hydrogen (secondary N) is 1. The van der Waals surface area contributed by atoms with Crippen molar-refractivity contribution in [3.8, 4) is 0 Å². The van der Waals surface area contributed by atoms with E-state index in [2.05, 4.69) is 63.6 Å². The second-order valence-corrected chi connectivity index (χ2v) is 6.20. The number of aromatic nitrogens is 2. The van der Waals surface area contributed by atoms with Gasteiger partial charge in [-0.15, -0.1) is 0 Å². The topological polar surface area (TPSA) is 33.1 Å². The van der Waals surface area contributed by atoms with E-state index in [1.807, 2.05) is 0 Å². The Morgan fingerprint density at radius 1 is 1.26 bits per heavy atom. The van der Waals surface area contributed by atoms with E-state index in [4.69, 9.17) is 0 Å². The summed E-state index contributed by atoms with van der Waals surface area (Å²) >= 11 is 3.74. The molecule has 1 aliphatic rings. The summed E-state index contributed by atoms with van der Waals surface area (Å²) in [5, 5.41) is 8.17. The van der Waals surface area contributed by atoms with Crippen LogP contribution >= 0.6 is 15.9 Å². The number of hydrogen-bond donors (Lipinski definition) is 1. The molecule has 1 saturated heterocycles. The lowest BCUT2D eigenvalue weighted by Gasteiger charge is -2.39. The normalized spacial score (nSPS) is 24.9. The molecule has 1 aromatic rings. The third-order valence-corrected chi connectivity index (χ3v) is 4.95. The van der Waals surface area contributed by atoms with E-state index in [0.29, 0.717) is 12.1 Å². The second kappa shape index (κ2) is 6.37. The number of nitrogens with zero attached hydrogens (tertiary/aromatic N) is 3. The van der Waals surface area contributed by atoms with Gasteiger partial charge in [0, 0.05) is 38.3 Å². The number of hydrogen-bond acceptors (Lipinski definition) is 3. The molecule has 2 heterocycles. The molecule has 0 spiro atoms. The van der Waals surface area contributed by atoms with Crippen molar-refractivity contribution in [1.29, 1.82) is 0 Å². The minimum Gasteiger partial charge on any atom is -0.314 e. The van der Waals surface area contributed by atoms with Gasteiger partial charge in [0.2, 0.25) is 0 Å². The standard InChI is InChI=1S/C14H25BrN4/c1-5-12-14(15)13(19(6-2)17-12)9-18-10(3)7-16-8-11(18)4/h10-11,16H,5-9H2,1-4H3. The summed E-state index contributed by atoms with van der Waals surface area (Å²) in [6.45, 7) is 13.0. The number of aryl methyl sites for hydroxylation is 2. The summed E-state index contributed by atoms with van der Waals surface area (Å²) < 4.78 is 3.35. The Morgan fingerprint density at radius 3 is 2.42 bits per heavy atom. The van der Waals surface area contributed by atoms with E-state index in [1.54, 1.807) is 0 Å². The zero-order valence-corrected chi connectivity index (χ0v) is 14.0. The zero-order chi connectivity index (χ0) is 14.0. The van der Waals surface area contributed by atoms with Gasteiger partial charge < -0.3 is 5.32 Å². The molecule has 2 unspecified atom stereocenters. The first kappa shape index (κ1) is 15.0. The van der Waals surface area contributed by atoms with Crippen molar-refractivity contribution < 1.29 is 0 Å². The quantitative estimate of drug-likeness (QED) is 0.921. The Hall–Kier alpha value is -0.390. The van der Waals surface area contributed by atoms with E-state index in [0.717, 1.165) is 32.6 Å². The van der Waals surface area contributed by atoms with Crippen LogP contribution in [0.5, 0.6) is 0 Å². The molecule has 2 atom stereocenters. The SMILES string of the molecule is CCc1nn(CC)c(CN2C(C)CNCC2C)c1Br. The Labute approximate surface area is 124 Å². The van der Waals surface area contributed by atoms with Crippen LogP contribution in [0.15, 0.2) is 4.47 Å². The van der Waals surface area contributed by atoms with Gasteiger partial charge in [0.1, 0.15) is 0 Å². The van der Waals surface area contributed by atoms with Gasteiger partial charge in [-0.05, 0) is 43.1 Å². The van der Waals surface area contributed by atoms with Crippen molar-refractivity contribution in [1.82, 2.24) is 20.0 Å². The average Bonchev–Trinajstić information content (AvgIpc) is 2.70. The predicted octanol–water partition coefficient (Wildman–Crippen LogP) is 2.41. The van der Waals surface area contributed by atoms with E-state index >= 15 is 0 Å². The molecule has 5 heteroatoms. The molecule has 4 nitrogen and oxygen atoms in total. The van der Waals surface area contributed by atoms with Crippen molar-refractivity contribution in [2.75, 3.05) is 13.1 Å². The van der Waals surface area contributed by atoms with Crippen molar-refractivity contribution in [2.24, 2.45) is 0 Å². The highest BCUT2D eigenvalue weighted by Gasteiger charge is 2.27. The largest absolute Gasteiger partial charge is 0.314 e. The fraction of sp³-hybridized carbons (Fsp3) is 0.786. The minimum atomic E-state index is 0.570. The lowest BCUT2D eigenvalue weighted by Crippen LogP contribution is -2.54. The highest BCUT2D eigenvalue weighted by atomic mass is 79.9. The summed E-state index contributed by atoms with van der Waals surface area (Å²) in [4.78, 5) is 2.57. The minimum absolute atomic E-state index is 0.570. The molecule has 0 amide bonds. The van der Waals surface area contributed by atoms with Crippen LogP contribution in [0, 0.1) is 0 Å². The van der Waals surface area contributed by atoms with E-state index in [9.17, 15) is 0 Å². The molecule has 0 aliphatic carbocycles. The Balaban J connectivity index is 2.24. The molecule has 1 fully saturated rings. The first-order valence-corrected chi connectivity index (χ1v) is 8.08. The summed E-state index contributed by atoms with van der Waals surface area (Å²) in [7, 11) is 0. The third kappa shape index (κ3) is 3.03. The Kier molecular flexibility index (Phi) is 5.03. The summed E-state index contributed by atoms with van der Waals surface area (Å²) in [6, 6.07) is 1.14. The lowest BCUT2D eigenvalue weighted by atomic mass is 10.1. The van der Waals surface area contributed by atoms with Crippen LogP contribution in [0.4, 0.5) is 0 Å². The smallest absolute Gasteiger partial charge is 0.0767 e. The van der Waals surface area contributed by atoms with Crippen molar-refractivity contribution in [3.05, 3.63) is 15.9 Å². The fourth-order valence-electron chi connectivity index (χ4n) is 2.82. The molecule has 0 saturated carbocycles. The molecule has 1 aromatic heterocycles. The number of rotatable bonds is 4. The summed E-state index contributed by atoms with van der Waals surface area (Å²) in [5.41, 5.74) is 2.49. The number of halogens is 1. The predicted molar refractivity (Wildman–Crippen MR) is 82.3 cm³/mol. The molecule has 0 aromatic carbocycles. The maximum absolute atomic E-state index is 4.69. The molecular formula is C14H25BrN4. The van der Waals surface area contributed by atoms with Crippen LogP contribution in [-0.2, 0) is 19.5 Å². The molecule has 1 aliphatic heterocycles. The van der Waals surface area contributed by atoms with Crippen LogP contribution in [0.25, 0.3) is 0 Å². The summed E-state index contributed by atoms with van der Waals surface area (Å²) in [6.07, 6.45) is 0.979. The first-order chi connectivity index (χ1) is 9.08. The van der Waals surface area contributed by atoms with Crippen LogP contribution in [0.2, 0.25) is 0 Å². The van der Waals surface area contributed by atoms with Gasteiger partial charge in [-0.2, -0.15) is 5.10 Å². The first-order valence-electron chi connectivity index (χ1n) is 7.28. The van der Waals surface area contributed by atoms with Gasteiger partial charge in [-0.1, -0.05) is 6.92 Å². The zero-order valence-electron chi connectivity index (χ0n) is 12.4. The van der Waals surface area contributed by atoms with Crippen LogP contribution in [-0.4, -0.2) is 39.9 Å². The molecule has 0 radical (unpaired) electrons. The highest BCUT2D eigenvalue weighted by molar-refractivity contribution is 9.10. The van der Waals surface area contributed by atoms with Crippen molar-refractivity contribution >= 4 is 15.9 Å². The monoisotopic (exact) mass is 328 g/mol. The highest BCUT2D eigenvalue weighted by Crippen LogP contribution is 2.25.